The molecule has 1 aromatic rings. The fourth-order valence-electron chi connectivity index (χ4n) is 1.41. The number of urea groups is 1. The highest BCUT2D eigenvalue weighted by atomic mass is 16.2. The molecule has 0 spiro atoms. The van der Waals surface area contributed by atoms with E-state index >= 15 is 0 Å². The second kappa shape index (κ2) is 5.98. The van der Waals surface area contributed by atoms with Crippen molar-refractivity contribution in [2.45, 2.75) is 18.8 Å². The third kappa shape index (κ3) is 3.71. The predicted molar refractivity (Wildman–Crippen MR) is 65.9 cm³/mol. The van der Waals surface area contributed by atoms with Crippen LogP contribution in [0.1, 0.15) is 24.5 Å². The summed E-state index contributed by atoms with van der Waals surface area (Å²) in [7, 11) is 0. The number of hydrogen-bond donors (Lipinski definition) is 3. The highest BCUT2D eigenvalue weighted by Gasteiger charge is 2.25. The van der Waals surface area contributed by atoms with E-state index in [1.54, 1.807) is 6.07 Å². The Labute approximate surface area is 105 Å². The van der Waals surface area contributed by atoms with E-state index in [0.717, 1.165) is 5.69 Å². The molecule has 6 heteroatoms. The lowest BCUT2D eigenvalue weighted by Gasteiger charge is -2.04. The number of aromatic nitrogens is 2. The fourth-order valence-corrected chi connectivity index (χ4v) is 1.41. The van der Waals surface area contributed by atoms with Gasteiger partial charge in [0.15, 0.2) is 5.82 Å². The van der Waals surface area contributed by atoms with Gasteiger partial charge in [0.2, 0.25) is 0 Å². The molecule has 6 nitrogen and oxygen atoms in total. The van der Waals surface area contributed by atoms with Gasteiger partial charge in [0.05, 0.1) is 12.2 Å². The quantitative estimate of drug-likeness (QED) is 0.677. The molecule has 0 aliphatic heterocycles. The third-order valence-electron chi connectivity index (χ3n) is 2.46. The third-order valence-corrected chi connectivity index (χ3v) is 2.46. The summed E-state index contributed by atoms with van der Waals surface area (Å²) in [4.78, 5) is 11.4. The van der Waals surface area contributed by atoms with E-state index in [4.69, 9.17) is 5.11 Å². The topological polar surface area (TPSA) is 87.1 Å². The molecule has 0 radical (unpaired) electrons. The number of hydrogen-bond acceptors (Lipinski definition) is 4. The Morgan fingerprint density at radius 1 is 1.39 bits per heavy atom. The van der Waals surface area contributed by atoms with Crippen LogP contribution in [0.5, 0.6) is 0 Å². The number of nitrogens with one attached hydrogen (secondary N) is 2. The van der Waals surface area contributed by atoms with Gasteiger partial charge >= 0.3 is 6.03 Å². The summed E-state index contributed by atoms with van der Waals surface area (Å²) in [6.07, 6.45) is 2.34. The van der Waals surface area contributed by atoms with Crippen molar-refractivity contribution in [1.82, 2.24) is 15.5 Å². The van der Waals surface area contributed by atoms with Crippen molar-refractivity contribution in [1.29, 1.82) is 0 Å². The van der Waals surface area contributed by atoms with Crippen LogP contribution < -0.4 is 10.6 Å². The highest BCUT2D eigenvalue weighted by molar-refractivity contribution is 5.88. The lowest BCUT2D eigenvalue weighted by atomic mass is 10.3. The summed E-state index contributed by atoms with van der Waals surface area (Å²) in [6.45, 7) is -0.0304. The van der Waals surface area contributed by atoms with E-state index in [1.165, 1.54) is 12.8 Å². The SMILES string of the molecule is O=C(NCC#CCO)Nc1ccc(C2CC2)nn1. The van der Waals surface area contributed by atoms with Crippen molar-refractivity contribution in [2.24, 2.45) is 0 Å². The molecule has 1 aromatic heterocycles. The summed E-state index contributed by atoms with van der Waals surface area (Å²) in [6, 6.07) is 3.22. The van der Waals surface area contributed by atoms with Gasteiger partial charge in [-0.2, -0.15) is 5.10 Å². The van der Waals surface area contributed by atoms with Crippen LogP contribution >= 0.6 is 0 Å². The lowest BCUT2D eigenvalue weighted by Crippen LogP contribution is -2.29. The monoisotopic (exact) mass is 246 g/mol. The summed E-state index contributed by atoms with van der Waals surface area (Å²) >= 11 is 0. The molecule has 1 aliphatic rings. The molecule has 94 valence electrons. The molecule has 0 unspecified atom stereocenters. The maximum atomic E-state index is 11.4. The molecule has 0 aromatic carbocycles. The van der Waals surface area contributed by atoms with Gasteiger partial charge in [0.25, 0.3) is 0 Å². The van der Waals surface area contributed by atoms with Gasteiger partial charge in [-0.05, 0) is 25.0 Å². The molecule has 2 amide bonds. The summed E-state index contributed by atoms with van der Waals surface area (Å²) in [5.74, 6) is 5.96. The van der Waals surface area contributed by atoms with Gasteiger partial charge in [-0.3, -0.25) is 5.32 Å². The standard InChI is InChI=1S/C12H14N4O2/c17-8-2-1-7-13-12(18)14-11-6-5-10(15-16-11)9-3-4-9/h5-6,9,17H,3-4,7-8H2,(H2,13,14,16,18). The predicted octanol–water partition coefficient (Wildman–Crippen LogP) is 0.471. The van der Waals surface area contributed by atoms with Gasteiger partial charge in [-0.15, -0.1) is 5.10 Å². The molecule has 0 saturated heterocycles. The van der Waals surface area contributed by atoms with E-state index < -0.39 is 6.03 Å². The number of amides is 2. The molecule has 2 rings (SSSR count). The normalized spacial score (nSPS) is 13.4. The van der Waals surface area contributed by atoms with Crippen LogP contribution in [0.25, 0.3) is 0 Å². The molecule has 0 bridgehead atoms. The van der Waals surface area contributed by atoms with Crippen molar-refractivity contribution in [3.63, 3.8) is 0 Å². The average Bonchev–Trinajstić information content (AvgIpc) is 3.20. The Hall–Kier alpha value is -2.13. The number of nitrogens with zero attached hydrogens (tertiary/aromatic N) is 2. The minimum atomic E-state index is -0.393. The van der Waals surface area contributed by atoms with Crippen molar-refractivity contribution in [2.75, 3.05) is 18.5 Å². The van der Waals surface area contributed by atoms with Crippen LogP contribution in [0.3, 0.4) is 0 Å². The Morgan fingerprint density at radius 3 is 2.83 bits per heavy atom. The smallest absolute Gasteiger partial charge is 0.321 e. The summed E-state index contributed by atoms with van der Waals surface area (Å²) in [5, 5.41) is 21.5. The van der Waals surface area contributed by atoms with Crippen LogP contribution in [0, 0.1) is 11.8 Å². The first-order chi connectivity index (χ1) is 8.79. The van der Waals surface area contributed by atoms with Crippen LogP contribution in [0.2, 0.25) is 0 Å². The van der Waals surface area contributed by atoms with E-state index in [9.17, 15) is 4.79 Å². The number of anilines is 1. The number of aliphatic hydroxyl groups is 1. The Bertz CT molecular complexity index is 471. The molecular weight excluding hydrogens is 232 g/mol. The van der Waals surface area contributed by atoms with Gasteiger partial charge in [-0.25, -0.2) is 4.79 Å². The van der Waals surface area contributed by atoms with Gasteiger partial charge < -0.3 is 10.4 Å². The summed E-state index contributed by atoms with van der Waals surface area (Å²) < 4.78 is 0. The second-order valence-electron chi connectivity index (χ2n) is 3.94. The van der Waals surface area contributed by atoms with Crippen LogP contribution in [0.4, 0.5) is 10.6 Å². The first-order valence-electron chi connectivity index (χ1n) is 5.74. The van der Waals surface area contributed by atoms with Crippen molar-refractivity contribution < 1.29 is 9.90 Å². The number of rotatable bonds is 3. The zero-order chi connectivity index (χ0) is 12.8. The lowest BCUT2D eigenvalue weighted by molar-refractivity contribution is 0.253. The molecule has 1 fully saturated rings. The molecule has 1 aliphatic carbocycles. The van der Waals surface area contributed by atoms with E-state index in [0.29, 0.717) is 11.7 Å². The Morgan fingerprint density at radius 2 is 2.22 bits per heavy atom. The fraction of sp³-hybridized carbons (Fsp3) is 0.417. The van der Waals surface area contributed by atoms with Crippen molar-refractivity contribution in [3.05, 3.63) is 17.8 Å². The number of carbonyl (C=O) groups is 1. The first-order valence-corrected chi connectivity index (χ1v) is 5.74. The zero-order valence-corrected chi connectivity index (χ0v) is 9.81. The van der Waals surface area contributed by atoms with Crippen molar-refractivity contribution >= 4 is 11.8 Å². The van der Waals surface area contributed by atoms with Crippen LogP contribution in [0.15, 0.2) is 12.1 Å². The number of carbonyl (C=O) groups excluding carboxylic acids is 1. The zero-order valence-electron chi connectivity index (χ0n) is 9.81. The Kier molecular flexibility index (Phi) is 4.10. The maximum absolute atomic E-state index is 11.4. The van der Waals surface area contributed by atoms with Gasteiger partial charge in [-0.1, -0.05) is 11.8 Å². The van der Waals surface area contributed by atoms with Crippen LogP contribution in [-0.2, 0) is 0 Å². The summed E-state index contributed by atoms with van der Waals surface area (Å²) in [5.41, 5.74) is 0.981. The molecule has 3 N–H and O–H groups in total. The largest absolute Gasteiger partial charge is 0.384 e. The molecular formula is C12H14N4O2. The molecule has 18 heavy (non-hydrogen) atoms. The molecule has 1 saturated carbocycles. The molecule has 1 heterocycles. The van der Waals surface area contributed by atoms with Crippen molar-refractivity contribution in [3.8, 4) is 11.8 Å². The Balaban J connectivity index is 1.79. The van der Waals surface area contributed by atoms with Crippen LogP contribution in [-0.4, -0.2) is 34.5 Å². The first kappa shape index (κ1) is 12.3. The van der Waals surface area contributed by atoms with E-state index in [2.05, 4.69) is 32.7 Å². The van der Waals surface area contributed by atoms with E-state index in [1.807, 2.05) is 6.07 Å². The number of aliphatic hydroxyl groups excluding tert-OH is 1. The van der Waals surface area contributed by atoms with E-state index in [-0.39, 0.29) is 13.2 Å². The maximum Gasteiger partial charge on any atom is 0.321 e. The average molecular weight is 246 g/mol. The van der Waals surface area contributed by atoms with Gasteiger partial charge in [0.1, 0.15) is 6.61 Å². The second-order valence-corrected chi connectivity index (χ2v) is 3.94. The minimum Gasteiger partial charge on any atom is -0.384 e. The highest BCUT2D eigenvalue weighted by Crippen LogP contribution is 2.38. The minimum absolute atomic E-state index is 0.181. The molecule has 0 atom stereocenters. The van der Waals surface area contributed by atoms with Gasteiger partial charge in [0, 0.05) is 5.92 Å².